The molecule has 6 aromatic rings. The average Bonchev–Trinajstić information content (AvgIpc) is 3.23. The number of amides is 4. The number of nitro benzene ring substituents is 2. The van der Waals surface area contributed by atoms with Crippen LogP contribution in [0.15, 0.2) is 146 Å². The zero-order valence-electron chi connectivity index (χ0n) is 29.2. The van der Waals surface area contributed by atoms with E-state index in [2.05, 4.69) is 21.7 Å². The minimum atomic E-state index is -0.582. The van der Waals surface area contributed by atoms with Gasteiger partial charge in [0.25, 0.3) is 35.0 Å². The minimum absolute atomic E-state index is 0.0705. The number of nitro groups is 2. The standard InChI is InChI=1S/C40H28N6O11/c47-37(41-43-39(49)27-5-17-33(18-6-27)56-35-21-9-29(10-22-35)45(51)52)25-1-13-31(14-2-25)55-32-15-3-26(4-16-32)38(48)42-44-40(50)28-7-19-34(20-8-28)57-36-23-11-30(12-24-36)46(53)54/h1-24H,(H,41,47)(H,42,48)(H,43,49)(H,44,50). The second-order valence-corrected chi connectivity index (χ2v) is 11.7. The van der Waals surface area contributed by atoms with Gasteiger partial charge in [0.1, 0.15) is 34.5 Å². The Morgan fingerprint density at radius 3 is 0.684 bits per heavy atom. The molecule has 0 fully saturated rings. The van der Waals surface area contributed by atoms with Crippen LogP contribution in [0, 0.1) is 20.2 Å². The SMILES string of the molecule is O=C(NNC(=O)c1ccc(Oc2ccc([N+](=O)[O-])cc2)cc1)c1ccc(Oc2ccc(C(=O)NNC(=O)c3ccc(Oc4ccc([N+](=O)[O-])cc4)cc3)cc2)cc1. The molecule has 0 aliphatic heterocycles. The van der Waals surface area contributed by atoms with E-state index < -0.39 is 33.5 Å². The lowest BCUT2D eigenvalue weighted by atomic mass is 10.2. The Morgan fingerprint density at radius 2 is 0.509 bits per heavy atom. The van der Waals surface area contributed by atoms with Gasteiger partial charge in [0.15, 0.2) is 0 Å². The van der Waals surface area contributed by atoms with Crippen molar-refractivity contribution in [3.63, 3.8) is 0 Å². The molecule has 4 N–H and O–H groups in total. The molecular formula is C40H28N6O11. The Morgan fingerprint density at radius 1 is 0.333 bits per heavy atom. The van der Waals surface area contributed by atoms with Crippen molar-refractivity contribution in [1.29, 1.82) is 0 Å². The molecule has 0 radical (unpaired) electrons. The summed E-state index contributed by atoms with van der Waals surface area (Å²) >= 11 is 0. The summed E-state index contributed by atoms with van der Waals surface area (Å²) in [4.78, 5) is 71.0. The summed E-state index contributed by atoms with van der Waals surface area (Å²) in [6, 6.07) is 35.3. The average molecular weight is 769 g/mol. The molecule has 0 bridgehead atoms. The molecule has 6 aromatic carbocycles. The fourth-order valence-corrected chi connectivity index (χ4v) is 4.89. The molecule has 0 atom stereocenters. The van der Waals surface area contributed by atoms with Crippen molar-refractivity contribution in [3.05, 3.63) is 188 Å². The summed E-state index contributed by atoms with van der Waals surface area (Å²) < 4.78 is 17.1. The third kappa shape index (κ3) is 10.3. The van der Waals surface area contributed by atoms with E-state index in [-0.39, 0.29) is 33.6 Å². The molecule has 0 aliphatic rings. The van der Waals surface area contributed by atoms with Gasteiger partial charge in [-0.1, -0.05) is 0 Å². The molecule has 0 unspecified atom stereocenters. The molecule has 17 heteroatoms. The van der Waals surface area contributed by atoms with E-state index in [1.165, 1.54) is 121 Å². The Hall–Kier alpha value is -8.60. The van der Waals surface area contributed by atoms with Crippen molar-refractivity contribution >= 4 is 35.0 Å². The van der Waals surface area contributed by atoms with Crippen molar-refractivity contribution in [1.82, 2.24) is 21.7 Å². The van der Waals surface area contributed by atoms with E-state index in [4.69, 9.17) is 14.2 Å². The van der Waals surface area contributed by atoms with Gasteiger partial charge in [-0.2, -0.15) is 0 Å². The molecule has 57 heavy (non-hydrogen) atoms. The van der Waals surface area contributed by atoms with E-state index >= 15 is 0 Å². The highest BCUT2D eigenvalue weighted by atomic mass is 16.6. The largest absolute Gasteiger partial charge is 0.457 e. The summed E-state index contributed by atoms with van der Waals surface area (Å²) in [5.74, 6) is 0.00209. The first kappa shape index (κ1) is 38.1. The van der Waals surface area contributed by atoms with Crippen LogP contribution >= 0.6 is 0 Å². The van der Waals surface area contributed by atoms with Crippen LogP contribution in [0.1, 0.15) is 41.4 Å². The van der Waals surface area contributed by atoms with Crippen molar-refractivity contribution in [3.8, 4) is 34.5 Å². The van der Waals surface area contributed by atoms with Gasteiger partial charge in [0.05, 0.1) is 9.85 Å². The lowest BCUT2D eigenvalue weighted by Crippen LogP contribution is -2.41. The van der Waals surface area contributed by atoms with Crippen LogP contribution in [0.25, 0.3) is 0 Å². The molecular weight excluding hydrogens is 740 g/mol. The van der Waals surface area contributed by atoms with E-state index in [1.807, 2.05) is 0 Å². The summed E-state index contributed by atoms with van der Waals surface area (Å²) in [6.07, 6.45) is 0. The second-order valence-electron chi connectivity index (χ2n) is 11.7. The lowest BCUT2D eigenvalue weighted by Gasteiger charge is -2.10. The number of benzene rings is 6. The Balaban J connectivity index is 0.920. The highest BCUT2D eigenvalue weighted by molar-refractivity contribution is 6.00. The first-order valence-corrected chi connectivity index (χ1v) is 16.6. The fourth-order valence-electron chi connectivity index (χ4n) is 4.89. The maximum Gasteiger partial charge on any atom is 0.269 e. The Bertz CT molecular complexity index is 2250. The number of ether oxygens (including phenoxy) is 3. The predicted molar refractivity (Wildman–Crippen MR) is 202 cm³/mol. The maximum atomic E-state index is 12.6. The molecule has 0 aromatic heterocycles. The second kappa shape index (κ2) is 17.5. The number of nitrogens with one attached hydrogen (secondary N) is 4. The van der Waals surface area contributed by atoms with E-state index in [0.717, 1.165) is 0 Å². The fraction of sp³-hybridized carbons (Fsp3) is 0. The number of carbonyl (C=O) groups excluding carboxylic acids is 4. The lowest BCUT2D eigenvalue weighted by molar-refractivity contribution is -0.385. The summed E-state index contributed by atoms with van der Waals surface area (Å²) in [5.41, 5.74) is 10.2. The van der Waals surface area contributed by atoms with Crippen molar-refractivity contribution in [2.45, 2.75) is 0 Å². The summed E-state index contributed by atoms with van der Waals surface area (Å²) in [5, 5.41) is 21.6. The van der Waals surface area contributed by atoms with Crippen molar-refractivity contribution in [2.24, 2.45) is 0 Å². The van der Waals surface area contributed by atoms with Gasteiger partial charge >= 0.3 is 0 Å². The number of rotatable bonds is 12. The number of non-ortho nitro benzene ring substituents is 2. The number of nitrogens with zero attached hydrogens (tertiary/aromatic N) is 2. The topological polar surface area (TPSA) is 230 Å². The number of hydrogen-bond donors (Lipinski definition) is 4. The van der Waals surface area contributed by atoms with Gasteiger partial charge in [-0.25, -0.2) is 0 Å². The zero-order chi connectivity index (χ0) is 40.3. The number of hydrogen-bond acceptors (Lipinski definition) is 11. The normalized spacial score (nSPS) is 10.3. The van der Waals surface area contributed by atoms with Crippen LogP contribution in [-0.2, 0) is 0 Å². The van der Waals surface area contributed by atoms with Gasteiger partial charge in [-0.05, 0) is 121 Å². The maximum absolute atomic E-state index is 12.6. The van der Waals surface area contributed by atoms with E-state index in [0.29, 0.717) is 34.5 Å². The van der Waals surface area contributed by atoms with Gasteiger partial charge < -0.3 is 14.2 Å². The monoisotopic (exact) mass is 768 g/mol. The third-order valence-electron chi connectivity index (χ3n) is 7.85. The minimum Gasteiger partial charge on any atom is -0.457 e. The van der Waals surface area contributed by atoms with Crippen LogP contribution in [0.2, 0.25) is 0 Å². The van der Waals surface area contributed by atoms with Crippen LogP contribution < -0.4 is 35.9 Å². The molecule has 284 valence electrons. The summed E-state index contributed by atoms with van der Waals surface area (Å²) in [7, 11) is 0. The molecule has 0 heterocycles. The Kier molecular flexibility index (Phi) is 11.7. The molecule has 0 spiro atoms. The Labute approximate surface area is 322 Å². The van der Waals surface area contributed by atoms with Crippen LogP contribution in [0.3, 0.4) is 0 Å². The highest BCUT2D eigenvalue weighted by Crippen LogP contribution is 2.26. The van der Waals surface area contributed by atoms with Gasteiger partial charge in [-0.15, -0.1) is 0 Å². The molecule has 4 amide bonds. The quantitative estimate of drug-likeness (QED) is 0.0729. The first-order chi connectivity index (χ1) is 27.5. The summed E-state index contributed by atoms with van der Waals surface area (Å²) in [6.45, 7) is 0. The van der Waals surface area contributed by atoms with Crippen LogP contribution in [0.4, 0.5) is 11.4 Å². The molecule has 6 rings (SSSR count). The number of hydrazine groups is 2. The molecule has 0 saturated carbocycles. The van der Waals surface area contributed by atoms with Crippen molar-refractivity contribution in [2.75, 3.05) is 0 Å². The van der Waals surface area contributed by atoms with Crippen LogP contribution in [-0.4, -0.2) is 33.5 Å². The predicted octanol–water partition coefficient (Wildman–Crippen LogP) is 7.03. The van der Waals surface area contributed by atoms with E-state index in [1.54, 1.807) is 24.3 Å². The number of carbonyl (C=O) groups is 4. The zero-order valence-corrected chi connectivity index (χ0v) is 29.2. The highest BCUT2D eigenvalue weighted by Gasteiger charge is 2.13. The first-order valence-electron chi connectivity index (χ1n) is 16.6. The molecule has 0 saturated heterocycles. The third-order valence-corrected chi connectivity index (χ3v) is 7.85. The van der Waals surface area contributed by atoms with Crippen molar-refractivity contribution < 1.29 is 43.2 Å². The smallest absolute Gasteiger partial charge is 0.269 e. The van der Waals surface area contributed by atoms with E-state index in [9.17, 15) is 39.4 Å². The van der Waals surface area contributed by atoms with Gasteiger partial charge in [-0.3, -0.25) is 61.1 Å². The molecule has 17 nitrogen and oxygen atoms in total. The van der Waals surface area contributed by atoms with Gasteiger partial charge in [0.2, 0.25) is 0 Å². The van der Waals surface area contributed by atoms with Crippen LogP contribution in [0.5, 0.6) is 34.5 Å². The van der Waals surface area contributed by atoms with Gasteiger partial charge in [0, 0.05) is 46.5 Å². The molecule has 0 aliphatic carbocycles.